The summed E-state index contributed by atoms with van der Waals surface area (Å²) in [6.07, 6.45) is 0. The first-order chi connectivity index (χ1) is 0. The van der Waals surface area contributed by atoms with Crippen LogP contribution in [0.1, 0.15) is 0 Å². The van der Waals surface area contributed by atoms with Gasteiger partial charge < -0.3 is 0 Å². The molecule has 0 rings (SSSR count). The molecule has 4 heavy (non-hydrogen) atoms. The normalized spacial score (nSPS) is 0. The second-order valence-electron chi connectivity index (χ2n) is 0. The molecule has 0 N–H and O–H groups in total. The van der Waals surface area contributed by atoms with Crippen molar-refractivity contribution >= 4 is 11.0 Å². The van der Waals surface area contributed by atoms with Crippen molar-refractivity contribution in [2.45, 2.75) is 0 Å². The van der Waals surface area contributed by atoms with E-state index in [0.717, 1.165) is 0 Å². The van der Waals surface area contributed by atoms with Crippen molar-refractivity contribution in [2.75, 3.05) is 0 Å². The molecule has 0 aliphatic heterocycles. The smallest absolute Gasteiger partial charge is 0 e. The van der Waals surface area contributed by atoms with E-state index in [2.05, 4.69) is 0 Å². The molecule has 0 unspecified atom stereocenters. The molecule has 0 bridgehead atoms. The fraction of sp³-hybridized carbons (Fsp3) is 0. The molecule has 4 heteroatoms. The Bertz CT molecular complexity index is 8.00. The Kier molecular flexibility index (Phi) is 228. The van der Waals surface area contributed by atoms with Crippen LogP contribution in [-0.2, 0) is 50.9 Å². The van der Waals surface area contributed by atoms with Crippen LogP contribution in [0.5, 0.6) is 0 Å². The molecule has 0 heterocycles. The molecule has 0 nitrogen and oxygen atoms in total. The SMILES string of the molecule is [Co].[Fe].[Mn].[SiH4]. The maximum atomic E-state index is 0. The van der Waals surface area contributed by atoms with E-state index in [-0.39, 0.29) is 61.9 Å². The van der Waals surface area contributed by atoms with Gasteiger partial charge in [-0.05, 0) is 11.0 Å². The Morgan fingerprint density at radius 1 is 1.00 bits per heavy atom. The second kappa shape index (κ2) is 21.7. The Hall–Kier alpha value is 1.76. The quantitative estimate of drug-likeness (QED) is 0.421. The third-order valence-electron chi connectivity index (χ3n) is 0. The molecule has 0 saturated carbocycles. The summed E-state index contributed by atoms with van der Waals surface area (Å²) in [6, 6.07) is 0. The van der Waals surface area contributed by atoms with Gasteiger partial charge >= 0.3 is 0 Å². The van der Waals surface area contributed by atoms with E-state index >= 15 is 0 Å². The first-order valence-electron chi connectivity index (χ1n) is 0. The second-order valence-corrected chi connectivity index (χ2v) is 0. The molecule has 0 aromatic carbocycles. The molecular weight excluding hydrogens is 198 g/mol. The topological polar surface area (TPSA) is 0 Å². The van der Waals surface area contributed by atoms with Crippen LogP contribution in [0.25, 0.3) is 0 Å². The van der Waals surface area contributed by atoms with Gasteiger partial charge in [-0.25, -0.2) is 0 Å². The Morgan fingerprint density at radius 2 is 1.00 bits per heavy atom. The van der Waals surface area contributed by atoms with Gasteiger partial charge in [-0.3, -0.25) is 0 Å². The molecule has 32 valence electrons. The van der Waals surface area contributed by atoms with Crippen molar-refractivity contribution in [1.82, 2.24) is 0 Å². The van der Waals surface area contributed by atoms with E-state index in [9.17, 15) is 0 Å². The maximum Gasteiger partial charge on any atom is 0 e. The van der Waals surface area contributed by atoms with Crippen molar-refractivity contribution in [2.24, 2.45) is 0 Å². The zero-order valence-corrected chi connectivity index (χ0v) is 4.39. The molecule has 0 aromatic heterocycles. The molecule has 2 radical (unpaired) electrons. The van der Waals surface area contributed by atoms with Crippen LogP contribution < -0.4 is 0 Å². The van der Waals surface area contributed by atoms with Crippen LogP contribution in [0.3, 0.4) is 0 Å². The molecule has 0 spiro atoms. The average Bonchev–Trinajstić information content (AvgIpc) is 0. The van der Waals surface area contributed by atoms with Gasteiger partial charge in [0.15, 0.2) is 0 Å². The van der Waals surface area contributed by atoms with E-state index in [0.29, 0.717) is 0 Å². The van der Waals surface area contributed by atoms with Gasteiger partial charge in [-0.15, -0.1) is 0 Å². The van der Waals surface area contributed by atoms with Crippen molar-refractivity contribution in [3.63, 3.8) is 0 Å². The molecular formula is H4CoFeMnSi. The van der Waals surface area contributed by atoms with Crippen LogP contribution in [-0.4, -0.2) is 11.0 Å². The monoisotopic (exact) mass is 202 g/mol. The van der Waals surface area contributed by atoms with Gasteiger partial charge in [0.2, 0.25) is 0 Å². The molecule has 0 fully saturated rings. The molecule has 0 aromatic rings. The number of rotatable bonds is 0. The minimum atomic E-state index is 0. The minimum absolute atomic E-state index is 0. The van der Waals surface area contributed by atoms with Gasteiger partial charge in [0.25, 0.3) is 0 Å². The van der Waals surface area contributed by atoms with Crippen molar-refractivity contribution in [3.8, 4) is 0 Å². The zero-order valence-electron chi connectivity index (χ0n) is 1.06. The Morgan fingerprint density at radius 3 is 1.00 bits per heavy atom. The van der Waals surface area contributed by atoms with Crippen LogP contribution in [0.4, 0.5) is 0 Å². The molecule has 0 aliphatic rings. The van der Waals surface area contributed by atoms with Crippen molar-refractivity contribution in [1.29, 1.82) is 0 Å². The summed E-state index contributed by atoms with van der Waals surface area (Å²) < 4.78 is 0. The van der Waals surface area contributed by atoms with Gasteiger partial charge in [0.1, 0.15) is 0 Å². The first kappa shape index (κ1) is 42.1. The first-order valence-corrected chi connectivity index (χ1v) is 0. The molecule has 0 atom stereocenters. The summed E-state index contributed by atoms with van der Waals surface area (Å²) in [7, 11) is 0. The van der Waals surface area contributed by atoms with E-state index < -0.39 is 0 Å². The van der Waals surface area contributed by atoms with Crippen LogP contribution in [0.2, 0.25) is 0 Å². The fourth-order valence-corrected chi connectivity index (χ4v) is 0. The van der Waals surface area contributed by atoms with Crippen molar-refractivity contribution in [3.05, 3.63) is 0 Å². The van der Waals surface area contributed by atoms with Gasteiger partial charge in [0, 0.05) is 50.9 Å². The predicted molar refractivity (Wildman–Crippen MR) is 11.3 cm³/mol. The van der Waals surface area contributed by atoms with Gasteiger partial charge in [0.05, 0.1) is 0 Å². The number of hydrogen-bond acceptors (Lipinski definition) is 0. The Labute approximate surface area is 61.7 Å². The van der Waals surface area contributed by atoms with E-state index in [4.69, 9.17) is 0 Å². The minimum Gasteiger partial charge on any atom is -0.0149 e. The summed E-state index contributed by atoms with van der Waals surface area (Å²) in [5.74, 6) is 0. The predicted octanol–water partition coefficient (Wildman–Crippen LogP) is -1.46. The average molecular weight is 202 g/mol. The van der Waals surface area contributed by atoms with E-state index in [1.165, 1.54) is 0 Å². The Balaban J connectivity index is 0. The molecule has 0 aliphatic carbocycles. The molecule has 0 saturated heterocycles. The van der Waals surface area contributed by atoms with Crippen LogP contribution in [0, 0.1) is 0 Å². The summed E-state index contributed by atoms with van der Waals surface area (Å²) in [6.45, 7) is 0. The maximum absolute atomic E-state index is 0. The standard InChI is InChI=1S/Co.Fe.Mn.H4Si/h;;;1H4. The largest absolute Gasteiger partial charge is 0.0149 e. The van der Waals surface area contributed by atoms with E-state index in [1.54, 1.807) is 0 Å². The van der Waals surface area contributed by atoms with Crippen LogP contribution in [0.15, 0.2) is 0 Å². The molecule has 0 amide bonds. The van der Waals surface area contributed by atoms with E-state index in [1.807, 2.05) is 0 Å². The fourth-order valence-electron chi connectivity index (χ4n) is 0. The summed E-state index contributed by atoms with van der Waals surface area (Å²) >= 11 is 0. The summed E-state index contributed by atoms with van der Waals surface area (Å²) in [4.78, 5) is 0. The van der Waals surface area contributed by atoms with Gasteiger partial charge in [-0.2, -0.15) is 0 Å². The zero-order chi connectivity index (χ0) is 0. The summed E-state index contributed by atoms with van der Waals surface area (Å²) in [5.41, 5.74) is 0. The van der Waals surface area contributed by atoms with Crippen LogP contribution >= 0.6 is 0 Å². The van der Waals surface area contributed by atoms with Crippen molar-refractivity contribution < 1.29 is 50.9 Å². The summed E-state index contributed by atoms with van der Waals surface area (Å²) in [5, 5.41) is 0. The third-order valence-corrected chi connectivity index (χ3v) is 0. The van der Waals surface area contributed by atoms with Gasteiger partial charge in [-0.1, -0.05) is 0 Å². The number of hydrogen-bond donors (Lipinski definition) is 0. The third kappa shape index (κ3) is 9.24.